The minimum Gasteiger partial charge on any atom is -0.322 e. The van der Waals surface area contributed by atoms with Crippen LogP contribution in [0.5, 0.6) is 0 Å². The monoisotopic (exact) mass is 278 g/mol. The first-order valence-electron chi connectivity index (χ1n) is 7.47. The average molecular weight is 278 g/mol. The zero-order valence-corrected chi connectivity index (χ0v) is 13.2. The van der Waals surface area contributed by atoms with Gasteiger partial charge in [-0.1, -0.05) is 42.0 Å². The van der Waals surface area contributed by atoms with E-state index >= 15 is 0 Å². The predicted molar refractivity (Wildman–Crippen MR) is 88.7 cm³/mol. The van der Waals surface area contributed by atoms with Crippen LogP contribution in [0.15, 0.2) is 48.5 Å². The molecule has 0 aliphatic heterocycles. The molecule has 0 saturated heterocycles. The molecular weight excluding hydrogens is 256 g/mol. The molecule has 0 radical (unpaired) electrons. The standard InChI is InChI=1S/C19H22N2/c1-14-8-7-9-15(12-14)13-18-20-16-10-5-6-11-17(16)21(18)19(2,3)4/h5-12H,13H2,1-4H3. The van der Waals surface area contributed by atoms with E-state index in [9.17, 15) is 0 Å². The normalized spacial score (nSPS) is 12.0. The first-order chi connectivity index (χ1) is 9.95. The highest BCUT2D eigenvalue weighted by atomic mass is 15.1. The highest BCUT2D eigenvalue weighted by Gasteiger charge is 2.21. The Hall–Kier alpha value is -2.09. The van der Waals surface area contributed by atoms with E-state index in [0.717, 1.165) is 17.8 Å². The Morgan fingerprint density at radius 1 is 1.00 bits per heavy atom. The number of fused-ring (bicyclic) bond motifs is 1. The zero-order valence-electron chi connectivity index (χ0n) is 13.2. The van der Waals surface area contributed by atoms with Crippen LogP contribution < -0.4 is 0 Å². The minimum absolute atomic E-state index is 0.0231. The van der Waals surface area contributed by atoms with Crippen molar-refractivity contribution in [3.63, 3.8) is 0 Å². The van der Waals surface area contributed by atoms with Crippen molar-refractivity contribution in [2.45, 2.75) is 39.7 Å². The Labute approximate surface area is 126 Å². The van der Waals surface area contributed by atoms with Crippen LogP contribution in [0.3, 0.4) is 0 Å². The van der Waals surface area contributed by atoms with E-state index in [2.05, 4.69) is 80.8 Å². The van der Waals surface area contributed by atoms with Crippen LogP contribution in [0.25, 0.3) is 11.0 Å². The van der Waals surface area contributed by atoms with E-state index < -0.39 is 0 Å². The maximum Gasteiger partial charge on any atom is 0.114 e. The summed E-state index contributed by atoms with van der Waals surface area (Å²) >= 11 is 0. The first kappa shape index (κ1) is 13.9. The van der Waals surface area contributed by atoms with Crippen LogP contribution >= 0.6 is 0 Å². The number of hydrogen-bond acceptors (Lipinski definition) is 1. The summed E-state index contributed by atoms with van der Waals surface area (Å²) in [5, 5.41) is 0. The third-order valence-electron chi connectivity index (χ3n) is 3.75. The quantitative estimate of drug-likeness (QED) is 0.665. The Bertz CT molecular complexity index is 776. The van der Waals surface area contributed by atoms with Gasteiger partial charge < -0.3 is 4.57 Å². The van der Waals surface area contributed by atoms with Crippen molar-refractivity contribution >= 4 is 11.0 Å². The lowest BCUT2D eigenvalue weighted by molar-refractivity contribution is 0.396. The van der Waals surface area contributed by atoms with Crippen LogP contribution in [0.2, 0.25) is 0 Å². The topological polar surface area (TPSA) is 17.8 Å². The number of para-hydroxylation sites is 2. The SMILES string of the molecule is Cc1cccc(Cc2nc3ccccc3n2C(C)(C)C)c1. The third kappa shape index (κ3) is 2.71. The summed E-state index contributed by atoms with van der Waals surface area (Å²) in [4.78, 5) is 4.87. The number of aromatic nitrogens is 2. The number of aryl methyl sites for hydroxylation is 1. The Kier molecular flexibility index (Phi) is 3.32. The second-order valence-electron chi connectivity index (χ2n) is 6.69. The molecule has 2 nitrogen and oxygen atoms in total. The Morgan fingerprint density at radius 3 is 2.48 bits per heavy atom. The van der Waals surface area contributed by atoms with E-state index in [1.807, 2.05) is 0 Å². The molecule has 0 N–H and O–H groups in total. The van der Waals surface area contributed by atoms with Gasteiger partial charge in [-0.25, -0.2) is 4.98 Å². The van der Waals surface area contributed by atoms with Gasteiger partial charge in [0, 0.05) is 12.0 Å². The van der Waals surface area contributed by atoms with E-state index in [4.69, 9.17) is 4.98 Å². The van der Waals surface area contributed by atoms with Crippen molar-refractivity contribution in [2.75, 3.05) is 0 Å². The Balaban J connectivity index is 2.13. The molecule has 0 atom stereocenters. The number of imidazole rings is 1. The number of rotatable bonds is 2. The van der Waals surface area contributed by atoms with E-state index in [0.29, 0.717) is 0 Å². The lowest BCUT2D eigenvalue weighted by Crippen LogP contribution is -2.24. The molecule has 1 aromatic heterocycles. The van der Waals surface area contributed by atoms with Gasteiger partial charge in [0.05, 0.1) is 11.0 Å². The fraction of sp³-hybridized carbons (Fsp3) is 0.316. The van der Waals surface area contributed by atoms with Crippen molar-refractivity contribution in [3.05, 3.63) is 65.5 Å². The first-order valence-corrected chi connectivity index (χ1v) is 7.47. The molecule has 0 spiro atoms. The van der Waals surface area contributed by atoms with Gasteiger partial charge in [-0.3, -0.25) is 0 Å². The van der Waals surface area contributed by atoms with Crippen LogP contribution in [-0.2, 0) is 12.0 Å². The third-order valence-corrected chi connectivity index (χ3v) is 3.75. The van der Waals surface area contributed by atoms with Crippen molar-refractivity contribution in [1.82, 2.24) is 9.55 Å². The molecule has 1 heterocycles. The fourth-order valence-corrected chi connectivity index (χ4v) is 2.95. The molecule has 2 aromatic carbocycles. The van der Waals surface area contributed by atoms with Crippen molar-refractivity contribution in [1.29, 1.82) is 0 Å². The molecule has 108 valence electrons. The summed E-state index contributed by atoms with van der Waals surface area (Å²) in [6, 6.07) is 17.1. The predicted octanol–water partition coefficient (Wildman–Crippen LogP) is 4.69. The molecule has 0 amide bonds. The number of benzene rings is 2. The van der Waals surface area contributed by atoms with Crippen LogP contribution in [0.4, 0.5) is 0 Å². The number of nitrogens with zero attached hydrogens (tertiary/aromatic N) is 2. The molecule has 3 aromatic rings. The summed E-state index contributed by atoms with van der Waals surface area (Å²) in [5.74, 6) is 1.13. The van der Waals surface area contributed by atoms with Gasteiger partial charge in [0.1, 0.15) is 5.82 Å². The smallest absolute Gasteiger partial charge is 0.114 e. The molecule has 0 bridgehead atoms. The van der Waals surface area contributed by atoms with E-state index in [-0.39, 0.29) is 5.54 Å². The molecule has 0 aliphatic rings. The second kappa shape index (κ2) is 5.03. The Morgan fingerprint density at radius 2 is 1.76 bits per heavy atom. The van der Waals surface area contributed by atoms with Gasteiger partial charge in [-0.05, 0) is 45.4 Å². The zero-order chi connectivity index (χ0) is 15.0. The van der Waals surface area contributed by atoms with Crippen molar-refractivity contribution < 1.29 is 0 Å². The molecule has 3 rings (SSSR count). The van der Waals surface area contributed by atoms with Gasteiger partial charge >= 0.3 is 0 Å². The molecule has 0 fully saturated rings. The highest BCUT2D eigenvalue weighted by molar-refractivity contribution is 5.76. The highest BCUT2D eigenvalue weighted by Crippen LogP contribution is 2.26. The van der Waals surface area contributed by atoms with Crippen molar-refractivity contribution in [3.8, 4) is 0 Å². The van der Waals surface area contributed by atoms with Crippen molar-refractivity contribution in [2.24, 2.45) is 0 Å². The summed E-state index contributed by atoms with van der Waals surface area (Å²) < 4.78 is 2.37. The van der Waals surface area contributed by atoms with E-state index in [1.165, 1.54) is 16.6 Å². The van der Waals surface area contributed by atoms with Gasteiger partial charge in [0.2, 0.25) is 0 Å². The largest absolute Gasteiger partial charge is 0.322 e. The molecular formula is C19H22N2. The van der Waals surface area contributed by atoms with Gasteiger partial charge in [0.15, 0.2) is 0 Å². The molecule has 2 heteroatoms. The summed E-state index contributed by atoms with van der Waals surface area (Å²) in [6.07, 6.45) is 0.869. The van der Waals surface area contributed by atoms with Crippen LogP contribution in [0, 0.1) is 6.92 Å². The van der Waals surface area contributed by atoms with Crippen LogP contribution in [0.1, 0.15) is 37.7 Å². The maximum absolute atomic E-state index is 4.87. The lowest BCUT2D eigenvalue weighted by atomic mass is 10.1. The summed E-state index contributed by atoms with van der Waals surface area (Å²) in [7, 11) is 0. The lowest BCUT2D eigenvalue weighted by Gasteiger charge is -2.24. The molecule has 0 saturated carbocycles. The maximum atomic E-state index is 4.87. The second-order valence-corrected chi connectivity index (χ2v) is 6.69. The average Bonchev–Trinajstić information content (AvgIpc) is 2.76. The van der Waals surface area contributed by atoms with Gasteiger partial charge in [-0.15, -0.1) is 0 Å². The van der Waals surface area contributed by atoms with Gasteiger partial charge in [-0.2, -0.15) is 0 Å². The molecule has 0 aliphatic carbocycles. The van der Waals surface area contributed by atoms with Crippen LogP contribution in [-0.4, -0.2) is 9.55 Å². The summed E-state index contributed by atoms with van der Waals surface area (Å²) in [5.41, 5.74) is 4.93. The summed E-state index contributed by atoms with van der Waals surface area (Å²) in [6.45, 7) is 8.85. The van der Waals surface area contributed by atoms with E-state index in [1.54, 1.807) is 0 Å². The molecule has 21 heavy (non-hydrogen) atoms. The minimum atomic E-state index is 0.0231. The molecule has 0 unspecified atom stereocenters. The van der Waals surface area contributed by atoms with Gasteiger partial charge in [0.25, 0.3) is 0 Å². The fourth-order valence-electron chi connectivity index (χ4n) is 2.95. The number of hydrogen-bond donors (Lipinski definition) is 0.